The molecule has 0 aromatic heterocycles. The molecule has 18 heteroatoms. The van der Waals surface area contributed by atoms with Crippen molar-refractivity contribution in [2.45, 2.75) is 186 Å². The zero-order valence-corrected chi connectivity index (χ0v) is 39.6. The van der Waals surface area contributed by atoms with Gasteiger partial charge in [0.2, 0.25) is 0 Å². The van der Waals surface area contributed by atoms with Crippen LogP contribution in [0.5, 0.6) is 0 Å². The SMILES string of the molecule is CCC(=O)O[C@@H]1CC(=O)O[C@H](C)CCN(C)C[C@H](O)[C@H](C)C[C@H](CC(OC)OC)[C@H]([C@@H]2O[C@H](C)[C@@H](O[C@H]3C[C@@](C)(OC(C)=O)[C@@H](OC(=O)CC)[C@H](C)O3)[C@H](N(C)C)[C@H]2O)[C@@H]1OC. The van der Waals surface area contributed by atoms with Crippen molar-refractivity contribution in [2.24, 2.45) is 17.8 Å². The summed E-state index contributed by atoms with van der Waals surface area (Å²) in [6.07, 6.45) is -9.80. The Hall–Kier alpha value is -2.52. The summed E-state index contributed by atoms with van der Waals surface area (Å²) in [5.41, 5.74) is -1.31. The maximum atomic E-state index is 13.7. The van der Waals surface area contributed by atoms with Gasteiger partial charge in [-0.1, -0.05) is 20.8 Å². The summed E-state index contributed by atoms with van der Waals surface area (Å²) >= 11 is 0. The van der Waals surface area contributed by atoms with Gasteiger partial charge in [0.15, 0.2) is 24.3 Å². The lowest BCUT2D eigenvalue weighted by Gasteiger charge is -2.53. The van der Waals surface area contributed by atoms with Crippen LogP contribution < -0.4 is 0 Å². The predicted molar refractivity (Wildman–Crippen MR) is 224 cm³/mol. The van der Waals surface area contributed by atoms with Gasteiger partial charge in [-0.2, -0.15) is 0 Å². The van der Waals surface area contributed by atoms with Crippen molar-refractivity contribution in [1.82, 2.24) is 9.80 Å². The zero-order chi connectivity index (χ0) is 46.6. The molecule has 3 rings (SSSR count). The van der Waals surface area contributed by atoms with Gasteiger partial charge in [0.1, 0.15) is 24.4 Å². The molecule has 3 fully saturated rings. The van der Waals surface area contributed by atoms with Crippen LogP contribution in [-0.4, -0.2) is 185 Å². The molecule has 3 heterocycles. The molecular weight excluding hydrogens is 812 g/mol. The third kappa shape index (κ3) is 14.5. The Morgan fingerprint density at radius 3 is 2.15 bits per heavy atom. The second-order valence-electron chi connectivity index (χ2n) is 17.9. The first-order valence-corrected chi connectivity index (χ1v) is 22.2. The van der Waals surface area contributed by atoms with Crippen molar-refractivity contribution in [2.75, 3.05) is 55.6 Å². The van der Waals surface area contributed by atoms with Gasteiger partial charge in [-0.05, 0) is 73.5 Å². The monoisotopic (exact) mass is 891 g/mol. The van der Waals surface area contributed by atoms with Gasteiger partial charge in [0.05, 0.1) is 43.0 Å². The van der Waals surface area contributed by atoms with Crippen molar-refractivity contribution < 1.29 is 76.8 Å². The van der Waals surface area contributed by atoms with Crippen LogP contribution in [0.2, 0.25) is 0 Å². The molecule has 0 amide bonds. The number of nitrogens with zero attached hydrogens (tertiary/aromatic N) is 2. The van der Waals surface area contributed by atoms with Crippen molar-refractivity contribution >= 4 is 23.9 Å². The number of rotatable bonds is 14. The molecule has 0 unspecified atom stereocenters. The van der Waals surface area contributed by atoms with Crippen LogP contribution in [0.3, 0.4) is 0 Å². The molecule has 16 atom stereocenters. The van der Waals surface area contributed by atoms with E-state index in [-0.39, 0.29) is 38.0 Å². The lowest BCUT2D eigenvalue weighted by molar-refractivity contribution is -0.320. The molecule has 2 N–H and O–H groups in total. The van der Waals surface area contributed by atoms with Gasteiger partial charge >= 0.3 is 23.9 Å². The van der Waals surface area contributed by atoms with Gasteiger partial charge in [0.25, 0.3) is 0 Å². The number of cyclic esters (lactones) is 1. The Morgan fingerprint density at radius 2 is 1.58 bits per heavy atom. The standard InChI is InChI=1S/C44H78N2O16/c1-15-32(49)59-31-21-34(51)56-25(4)17-18-46(11)23-30(48)24(3)19-29(20-35(53-12)54-13)37(41(31)55-14)42-39(52)38(45(9)10)40(26(5)58-42)61-36-22-44(8,62-28(7)47)43(27(6)57-36)60-33(50)16-2/h24-27,29-31,35-43,48,52H,15-23H2,1-14H3/t24-,25-,26-,27+,29-,30+,31-,36+,37+,38-,39-,40-,41-,42+,43+,44-/m1/s1. The van der Waals surface area contributed by atoms with Crippen molar-refractivity contribution in [1.29, 1.82) is 0 Å². The normalized spacial score (nSPS) is 38.4. The first-order chi connectivity index (χ1) is 29.1. The van der Waals surface area contributed by atoms with E-state index in [0.717, 1.165) is 0 Å². The van der Waals surface area contributed by atoms with Crippen molar-refractivity contribution in [3.8, 4) is 0 Å². The van der Waals surface area contributed by atoms with Gasteiger partial charge in [-0.15, -0.1) is 0 Å². The highest BCUT2D eigenvalue weighted by molar-refractivity contribution is 5.72. The molecular formula is C44H78N2O16. The Balaban J connectivity index is 2.18. The molecule has 3 saturated heterocycles. The molecule has 3 aliphatic rings. The molecule has 0 radical (unpaired) electrons. The van der Waals surface area contributed by atoms with E-state index in [4.69, 9.17) is 47.4 Å². The molecule has 18 nitrogen and oxygen atoms in total. The maximum Gasteiger partial charge on any atom is 0.309 e. The summed E-state index contributed by atoms with van der Waals surface area (Å²) in [5.74, 6) is -3.81. The number of carbonyl (C=O) groups is 4. The molecule has 62 heavy (non-hydrogen) atoms. The van der Waals surface area contributed by atoms with E-state index >= 15 is 0 Å². The third-order valence-electron chi connectivity index (χ3n) is 12.6. The van der Waals surface area contributed by atoms with Gasteiger partial charge in [-0.3, -0.25) is 19.2 Å². The van der Waals surface area contributed by atoms with Crippen LogP contribution in [0.15, 0.2) is 0 Å². The van der Waals surface area contributed by atoms with Crippen LogP contribution >= 0.6 is 0 Å². The number of hydrogen-bond acceptors (Lipinski definition) is 18. The number of aliphatic hydroxyl groups excluding tert-OH is 2. The number of aliphatic hydroxyl groups is 2. The smallest absolute Gasteiger partial charge is 0.309 e. The van der Waals surface area contributed by atoms with Crippen LogP contribution in [0.1, 0.15) is 100 Å². The Morgan fingerprint density at radius 1 is 0.952 bits per heavy atom. The molecule has 0 aromatic rings. The summed E-state index contributed by atoms with van der Waals surface area (Å²) in [6.45, 7) is 14.5. The average Bonchev–Trinajstić information content (AvgIpc) is 3.19. The lowest BCUT2D eigenvalue weighted by Crippen LogP contribution is -2.67. The molecule has 0 aromatic carbocycles. The fourth-order valence-corrected chi connectivity index (χ4v) is 9.44. The second-order valence-corrected chi connectivity index (χ2v) is 17.9. The first kappa shape index (κ1) is 53.8. The topological polar surface area (TPSA) is 208 Å². The molecule has 0 spiro atoms. The van der Waals surface area contributed by atoms with Crippen LogP contribution in [0, 0.1) is 17.8 Å². The lowest BCUT2D eigenvalue weighted by atomic mass is 9.70. The predicted octanol–water partition coefficient (Wildman–Crippen LogP) is 2.85. The number of esters is 4. The quantitative estimate of drug-likeness (QED) is 0.146. The van der Waals surface area contributed by atoms with E-state index in [2.05, 4.69) is 0 Å². The van der Waals surface area contributed by atoms with Crippen LogP contribution in [0.25, 0.3) is 0 Å². The fourth-order valence-electron chi connectivity index (χ4n) is 9.44. The van der Waals surface area contributed by atoms with Gasteiger partial charge in [-0.25, -0.2) is 0 Å². The summed E-state index contributed by atoms with van der Waals surface area (Å²) in [7, 11) is 10.0. The highest BCUT2D eigenvalue weighted by Crippen LogP contribution is 2.43. The number of likely N-dealkylation sites (N-methyl/N-ethyl adjacent to an activating group) is 2. The van der Waals surface area contributed by atoms with Gasteiger partial charge < -0.3 is 67.4 Å². The summed E-state index contributed by atoms with van der Waals surface area (Å²) in [4.78, 5) is 55.5. The number of β-amino-alcohol motifs (C(OH)–C–C–N with tert-alkyl or cyclic N) is 1. The first-order valence-electron chi connectivity index (χ1n) is 22.2. The zero-order valence-electron chi connectivity index (χ0n) is 39.6. The van der Waals surface area contributed by atoms with Crippen molar-refractivity contribution in [3.05, 3.63) is 0 Å². The third-order valence-corrected chi connectivity index (χ3v) is 12.6. The number of methoxy groups -OCH3 is 3. The van der Waals surface area contributed by atoms with E-state index < -0.39 is 121 Å². The average molecular weight is 891 g/mol. The maximum absolute atomic E-state index is 13.7. The second kappa shape index (κ2) is 24.7. The number of hydrogen-bond donors (Lipinski definition) is 2. The van der Waals surface area contributed by atoms with E-state index in [1.54, 1.807) is 48.7 Å². The Bertz CT molecular complexity index is 1420. The minimum Gasteiger partial charge on any atom is -0.463 e. The Kier molecular flexibility index (Phi) is 21.4. The van der Waals surface area contributed by atoms with E-state index in [1.807, 2.05) is 30.7 Å². The van der Waals surface area contributed by atoms with E-state index in [0.29, 0.717) is 25.9 Å². The number of ether oxygens (including phenoxy) is 10. The van der Waals surface area contributed by atoms with E-state index in [1.165, 1.54) is 28.3 Å². The van der Waals surface area contributed by atoms with Crippen LogP contribution in [0.4, 0.5) is 0 Å². The summed E-state index contributed by atoms with van der Waals surface area (Å²) in [5, 5.41) is 24.4. The minimum absolute atomic E-state index is 0.00193. The molecule has 0 aliphatic carbocycles. The largest absolute Gasteiger partial charge is 0.463 e. The highest BCUT2D eigenvalue weighted by atomic mass is 16.7. The molecule has 3 aliphatic heterocycles. The molecule has 0 bridgehead atoms. The fraction of sp³-hybridized carbons (Fsp3) is 0.909. The van der Waals surface area contributed by atoms with Gasteiger partial charge in [0, 0.05) is 72.9 Å². The molecule has 0 saturated carbocycles. The molecule has 360 valence electrons. The Labute approximate surface area is 368 Å². The van der Waals surface area contributed by atoms with E-state index in [9.17, 15) is 29.4 Å². The summed E-state index contributed by atoms with van der Waals surface area (Å²) < 4.78 is 61.1. The van der Waals surface area contributed by atoms with Crippen molar-refractivity contribution in [3.63, 3.8) is 0 Å². The minimum atomic E-state index is -1.31. The number of carbonyl (C=O) groups excluding carboxylic acids is 4. The highest BCUT2D eigenvalue weighted by Gasteiger charge is 2.56. The van der Waals surface area contributed by atoms with Crippen LogP contribution in [-0.2, 0) is 66.5 Å². The summed E-state index contributed by atoms with van der Waals surface area (Å²) in [6, 6.07) is -0.757.